The molecule has 0 radical (unpaired) electrons. The van der Waals surface area contributed by atoms with Crippen LogP contribution in [0, 0.1) is 17.5 Å². The lowest BCUT2D eigenvalue weighted by Crippen LogP contribution is -2.29. The Kier molecular flexibility index (Phi) is 4.33. The molecule has 8 heteroatoms. The molecule has 0 saturated heterocycles. The molecule has 0 aliphatic heterocycles. The third-order valence-corrected chi connectivity index (χ3v) is 2.98. The number of hydrogen-bond donors (Lipinski definition) is 1. The van der Waals surface area contributed by atoms with Gasteiger partial charge in [-0.05, 0) is 12.1 Å². The highest BCUT2D eigenvalue weighted by molar-refractivity contribution is 7.90. The van der Waals surface area contributed by atoms with Crippen LogP contribution in [-0.4, -0.2) is 32.9 Å². The molecule has 1 aromatic rings. The molecular formula is C10H10F3NO3S. The Balaban J connectivity index is 2.77. The summed E-state index contributed by atoms with van der Waals surface area (Å²) in [6.07, 6.45) is 0.970. The Morgan fingerprint density at radius 3 is 2.39 bits per heavy atom. The van der Waals surface area contributed by atoms with Gasteiger partial charge in [0.15, 0.2) is 17.5 Å². The summed E-state index contributed by atoms with van der Waals surface area (Å²) in [6.45, 7) is -0.240. The molecule has 0 heterocycles. The lowest BCUT2D eigenvalue weighted by Gasteiger charge is -2.06. The molecule has 1 aromatic carbocycles. The van der Waals surface area contributed by atoms with Crippen LogP contribution in [0.25, 0.3) is 0 Å². The van der Waals surface area contributed by atoms with Gasteiger partial charge in [0, 0.05) is 12.8 Å². The number of carbonyl (C=O) groups excluding carboxylic acids is 1. The van der Waals surface area contributed by atoms with Crippen LogP contribution >= 0.6 is 0 Å². The van der Waals surface area contributed by atoms with Crippen molar-refractivity contribution in [3.63, 3.8) is 0 Å². The molecule has 0 saturated carbocycles. The first-order valence-electron chi connectivity index (χ1n) is 4.82. The van der Waals surface area contributed by atoms with Crippen molar-refractivity contribution in [1.82, 2.24) is 5.32 Å². The highest BCUT2D eigenvalue weighted by Crippen LogP contribution is 2.14. The molecule has 0 aliphatic carbocycles. The van der Waals surface area contributed by atoms with Crippen LogP contribution in [0.2, 0.25) is 0 Å². The van der Waals surface area contributed by atoms with Gasteiger partial charge in [0.25, 0.3) is 5.91 Å². The summed E-state index contributed by atoms with van der Waals surface area (Å²) in [7, 11) is -3.27. The average molecular weight is 281 g/mol. The van der Waals surface area contributed by atoms with Crippen LogP contribution in [-0.2, 0) is 9.84 Å². The summed E-state index contributed by atoms with van der Waals surface area (Å²) in [6, 6.07) is 1.40. The van der Waals surface area contributed by atoms with Gasteiger partial charge in [0.2, 0.25) is 0 Å². The van der Waals surface area contributed by atoms with Crippen molar-refractivity contribution in [2.24, 2.45) is 0 Å². The average Bonchev–Trinajstić information content (AvgIpc) is 2.24. The number of sulfone groups is 1. The van der Waals surface area contributed by atoms with E-state index in [1.54, 1.807) is 0 Å². The minimum atomic E-state index is -3.27. The van der Waals surface area contributed by atoms with Gasteiger partial charge in [0.1, 0.15) is 9.84 Å². The number of rotatable bonds is 4. The fourth-order valence-electron chi connectivity index (χ4n) is 1.15. The van der Waals surface area contributed by atoms with Crippen molar-refractivity contribution < 1.29 is 26.4 Å². The summed E-state index contributed by atoms with van der Waals surface area (Å²) in [5.41, 5.74) is -0.678. The fourth-order valence-corrected chi connectivity index (χ4v) is 1.62. The van der Waals surface area contributed by atoms with Gasteiger partial charge in [-0.1, -0.05) is 0 Å². The van der Waals surface area contributed by atoms with Crippen molar-refractivity contribution in [2.45, 2.75) is 0 Å². The fraction of sp³-hybridized carbons (Fsp3) is 0.300. The maximum Gasteiger partial charge on any atom is 0.254 e. The van der Waals surface area contributed by atoms with Crippen LogP contribution < -0.4 is 5.32 Å². The molecule has 1 amide bonds. The predicted octanol–water partition coefficient (Wildman–Crippen LogP) is 0.878. The molecule has 0 spiro atoms. The number of amides is 1. The zero-order valence-corrected chi connectivity index (χ0v) is 10.2. The van der Waals surface area contributed by atoms with Gasteiger partial charge in [0.05, 0.1) is 11.3 Å². The molecule has 0 aromatic heterocycles. The zero-order valence-electron chi connectivity index (χ0n) is 9.34. The summed E-state index contributed by atoms with van der Waals surface area (Å²) in [5.74, 6) is -6.09. The van der Waals surface area contributed by atoms with Crippen LogP contribution in [0.1, 0.15) is 10.4 Å². The van der Waals surface area contributed by atoms with E-state index < -0.39 is 38.8 Å². The molecule has 0 bridgehead atoms. The number of carbonyl (C=O) groups is 1. The first-order valence-corrected chi connectivity index (χ1v) is 6.88. The topological polar surface area (TPSA) is 63.2 Å². The van der Waals surface area contributed by atoms with Gasteiger partial charge >= 0.3 is 0 Å². The van der Waals surface area contributed by atoms with E-state index >= 15 is 0 Å². The Morgan fingerprint density at radius 2 is 1.83 bits per heavy atom. The molecule has 4 nitrogen and oxygen atoms in total. The Labute approximate surface area is 102 Å². The van der Waals surface area contributed by atoms with Crippen LogP contribution in [0.15, 0.2) is 12.1 Å². The molecular weight excluding hydrogens is 271 g/mol. The first kappa shape index (κ1) is 14.5. The maximum atomic E-state index is 13.2. The van der Waals surface area contributed by atoms with Gasteiger partial charge in [-0.25, -0.2) is 21.6 Å². The van der Waals surface area contributed by atoms with Gasteiger partial charge in [-0.15, -0.1) is 0 Å². The molecule has 0 aliphatic rings. The number of nitrogens with one attached hydrogen (secondary N) is 1. The van der Waals surface area contributed by atoms with E-state index in [0.717, 1.165) is 12.3 Å². The van der Waals surface area contributed by atoms with Gasteiger partial charge < -0.3 is 5.32 Å². The van der Waals surface area contributed by atoms with Crippen LogP contribution in [0.3, 0.4) is 0 Å². The van der Waals surface area contributed by atoms with Crippen molar-refractivity contribution in [2.75, 3.05) is 18.6 Å². The third kappa shape index (κ3) is 3.73. The second-order valence-electron chi connectivity index (χ2n) is 3.61. The Morgan fingerprint density at radius 1 is 1.22 bits per heavy atom. The number of halogens is 3. The minimum absolute atomic E-state index is 0.240. The molecule has 1 N–H and O–H groups in total. The van der Waals surface area contributed by atoms with E-state index in [4.69, 9.17) is 0 Å². The van der Waals surface area contributed by atoms with Crippen LogP contribution in [0.4, 0.5) is 13.2 Å². The standard InChI is InChI=1S/C10H10F3NO3S/c1-18(16,17)5-4-14-10(15)6-2-3-7(11)9(13)8(6)12/h2-3H,4-5H2,1H3,(H,14,15). The molecule has 100 valence electrons. The van der Waals surface area contributed by atoms with Crippen LogP contribution in [0.5, 0.6) is 0 Å². The predicted molar refractivity (Wildman–Crippen MR) is 58.4 cm³/mol. The molecule has 0 unspecified atom stereocenters. The smallest absolute Gasteiger partial charge is 0.254 e. The zero-order chi connectivity index (χ0) is 13.9. The van der Waals surface area contributed by atoms with E-state index in [9.17, 15) is 26.4 Å². The highest BCUT2D eigenvalue weighted by Gasteiger charge is 2.18. The normalized spacial score (nSPS) is 11.3. The van der Waals surface area contributed by atoms with E-state index in [1.165, 1.54) is 0 Å². The van der Waals surface area contributed by atoms with E-state index in [-0.39, 0.29) is 12.3 Å². The first-order chi connectivity index (χ1) is 8.22. The van der Waals surface area contributed by atoms with E-state index in [2.05, 4.69) is 5.32 Å². The maximum absolute atomic E-state index is 13.2. The number of hydrogen-bond acceptors (Lipinski definition) is 3. The molecule has 0 fully saturated rings. The SMILES string of the molecule is CS(=O)(=O)CCNC(=O)c1ccc(F)c(F)c1F. The van der Waals surface area contributed by atoms with Gasteiger partial charge in [-0.3, -0.25) is 4.79 Å². The molecule has 18 heavy (non-hydrogen) atoms. The van der Waals surface area contributed by atoms with Crippen molar-refractivity contribution >= 4 is 15.7 Å². The second kappa shape index (κ2) is 5.38. The van der Waals surface area contributed by atoms with Crippen molar-refractivity contribution in [1.29, 1.82) is 0 Å². The molecule has 1 rings (SSSR count). The lowest BCUT2D eigenvalue weighted by molar-refractivity contribution is 0.0951. The Hall–Kier alpha value is -1.57. The lowest BCUT2D eigenvalue weighted by atomic mass is 10.2. The third-order valence-electron chi connectivity index (χ3n) is 2.04. The highest BCUT2D eigenvalue weighted by atomic mass is 32.2. The summed E-state index contributed by atoms with van der Waals surface area (Å²) < 4.78 is 60.2. The van der Waals surface area contributed by atoms with E-state index in [1.807, 2.05) is 0 Å². The second-order valence-corrected chi connectivity index (χ2v) is 5.87. The monoisotopic (exact) mass is 281 g/mol. The molecule has 0 atom stereocenters. The van der Waals surface area contributed by atoms with Crippen molar-refractivity contribution in [3.8, 4) is 0 Å². The quantitative estimate of drug-likeness (QED) is 0.833. The Bertz CT molecular complexity index is 572. The minimum Gasteiger partial charge on any atom is -0.351 e. The van der Waals surface area contributed by atoms with E-state index in [0.29, 0.717) is 6.07 Å². The summed E-state index contributed by atoms with van der Waals surface area (Å²) >= 11 is 0. The van der Waals surface area contributed by atoms with Crippen molar-refractivity contribution in [3.05, 3.63) is 35.1 Å². The summed E-state index contributed by atoms with van der Waals surface area (Å²) in [4.78, 5) is 11.4. The summed E-state index contributed by atoms with van der Waals surface area (Å²) in [5, 5.41) is 2.10. The number of benzene rings is 1. The van der Waals surface area contributed by atoms with Gasteiger partial charge in [-0.2, -0.15) is 0 Å². The largest absolute Gasteiger partial charge is 0.351 e.